The van der Waals surface area contributed by atoms with Crippen molar-refractivity contribution in [3.63, 3.8) is 0 Å². The molecule has 1 heterocycles. The summed E-state index contributed by atoms with van der Waals surface area (Å²) in [6.45, 7) is 3.95. The summed E-state index contributed by atoms with van der Waals surface area (Å²) in [5.74, 6) is 0. The summed E-state index contributed by atoms with van der Waals surface area (Å²) >= 11 is 0. The smallest absolute Gasteiger partial charge is 0.0909 e. The molecule has 0 radical (unpaired) electrons. The molecular weight excluding hydrogens is 240 g/mol. The van der Waals surface area contributed by atoms with Gasteiger partial charge in [-0.25, -0.2) is 0 Å². The fraction of sp³-hybridized carbons (Fsp3) is 0.533. The minimum Gasteiger partial charge on any atom is -0.390 e. The predicted octanol–water partition coefficient (Wildman–Crippen LogP) is 2.29. The molecule has 0 bridgehead atoms. The second kappa shape index (κ2) is 5.31. The van der Waals surface area contributed by atoms with E-state index >= 15 is 0 Å². The second-order valence-corrected chi connectivity index (χ2v) is 5.18. The fourth-order valence-corrected chi connectivity index (χ4v) is 2.35. The molecule has 2 aromatic rings. The molecule has 0 aliphatic carbocycles. The maximum absolute atomic E-state index is 10.4. The van der Waals surface area contributed by atoms with E-state index in [2.05, 4.69) is 5.10 Å². The van der Waals surface area contributed by atoms with E-state index in [0.717, 1.165) is 23.0 Å². The Morgan fingerprint density at radius 3 is 2.74 bits per heavy atom. The molecule has 0 saturated heterocycles. The van der Waals surface area contributed by atoms with Crippen LogP contribution in [-0.4, -0.2) is 33.7 Å². The third-order valence-electron chi connectivity index (χ3n) is 4.09. The molecule has 0 spiro atoms. The van der Waals surface area contributed by atoms with Crippen LogP contribution < -0.4 is 0 Å². The zero-order chi connectivity index (χ0) is 14.0. The molecule has 0 amide bonds. The van der Waals surface area contributed by atoms with Crippen LogP contribution in [0, 0.1) is 0 Å². The number of methoxy groups -OCH3 is 1. The molecule has 1 aromatic heterocycles. The van der Waals surface area contributed by atoms with Gasteiger partial charge >= 0.3 is 0 Å². The zero-order valence-electron chi connectivity index (χ0n) is 12.1. The molecule has 0 fully saturated rings. The summed E-state index contributed by atoms with van der Waals surface area (Å²) in [5.41, 5.74) is 1.47. The monoisotopic (exact) mass is 262 g/mol. The van der Waals surface area contributed by atoms with Gasteiger partial charge in [0.1, 0.15) is 0 Å². The lowest BCUT2D eigenvalue weighted by molar-refractivity contribution is -0.0916. The van der Waals surface area contributed by atoms with Crippen molar-refractivity contribution in [3.05, 3.63) is 30.0 Å². The highest BCUT2D eigenvalue weighted by atomic mass is 16.5. The molecule has 2 unspecified atom stereocenters. The number of nitrogens with zero attached hydrogens (tertiary/aromatic N) is 2. The van der Waals surface area contributed by atoms with E-state index in [0.29, 0.717) is 6.42 Å². The summed E-state index contributed by atoms with van der Waals surface area (Å²) in [5, 5.41) is 16.0. The van der Waals surface area contributed by atoms with E-state index in [4.69, 9.17) is 4.74 Å². The largest absolute Gasteiger partial charge is 0.390 e. The number of hydrogen-bond acceptors (Lipinski definition) is 3. The first-order chi connectivity index (χ1) is 9.01. The maximum atomic E-state index is 10.4. The second-order valence-electron chi connectivity index (χ2n) is 5.18. The highest BCUT2D eigenvalue weighted by Crippen LogP contribution is 2.25. The lowest BCUT2D eigenvalue weighted by atomic mass is 9.92. The van der Waals surface area contributed by atoms with Crippen LogP contribution in [0.25, 0.3) is 10.9 Å². The number of benzene rings is 1. The Balaban J connectivity index is 2.31. The van der Waals surface area contributed by atoms with Gasteiger partial charge in [-0.05, 0) is 19.4 Å². The molecule has 2 rings (SSSR count). The van der Waals surface area contributed by atoms with E-state index in [1.807, 2.05) is 49.8 Å². The summed E-state index contributed by atoms with van der Waals surface area (Å²) in [7, 11) is 3.57. The zero-order valence-corrected chi connectivity index (χ0v) is 12.1. The summed E-state index contributed by atoms with van der Waals surface area (Å²) < 4.78 is 7.31. The Morgan fingerprint density at radius 1 is 1.42 bits per heavy atom. The molecule has 19 heavy (non-hydrogen) atoms. The normalized spacial score (nSPS) is 16.5. The van der Waals surface area contributed by atoms with Crippen LogP contribution in [0.15, 0.2) is 24.3 Å². The van der Waals surface area contributed by atoms with E-state index in [1.165, 1.54) is 0 Å². The number of hydrogen-bond donors (Lipinski definition) is 1. The van der Waals surface area contributed by atoms with Gasteiger partial charge in [0.25, 0.3) is 0 Å². The van der Waals surface area contributed by atoms with Crippen LogP contribution in [0.2, 0.25) is 0 Å². The Morgan fingerprint density at radius 2 is 2.11 bits per heavy atom. The molecule has 1 aromatic carbocycles. The molecule has 1 N–H and O–H groups in total. The maximum Gasteiger partial charge on any atom is 0.0909 e. The van der Waals surface area contributed by atoms with E-state index < -0.39 is 11.7 Å². The van der Waals surface area contributed by atoms with E-state index in [9.17, 15) is 5.11 Å². The predicted molar refractivity (Wildman–Crippen MR) is 76.1 cm³/mol. The molecular formula is C15H22N2O2. The van der Waals surface area contributed by atoms with Crippen LogP contribution >= 0.6 is 0 Å². The first kappa shape index (κ1) is 14.0. The first-order valence-electron chi connectivity index (χ1n) is 6.65. The first-order valence-corrected chi connectivity index (χ1v) is 6.65. The summed E-state index contributed by atoms with van der Waals surface area (Å²) in [6.07, 6.45) is 0.690. The van der Waals surface area contributed by atoms with E-state index in [-0.39, 0.29) is 0 Å². The molecule has 0 saturated carbocycles. The number of aromatic nitrogens is 2. The van der Waals surface area contributed by atoms with Crippen molar-refractivity contribution in [2.45, 2.75) is 38.4 Å². The van der Waals surface area contributed by atoms with Crippen molar-refractivity contribution in [3.8, 4) is 0 Å². The average molecular weight is 262 g/mol. The Bertz CT molecular complexity index is 558. The van der Waals surface area contributed by atoms with Crippen molar-refractivity contribution < 1.29 is 9.84 Å². The van der Waals surface area contributed by atoms with Crippen LogP contribution in [0.5, 0.6) is 0 Å². The Kier molecular flexibility index (Phi) is 3.92. The van der Waals surface area contributed by atoms with Gasteiger partial charge in [-0.3, -0.25) is 4.68 Å². The topological polar surface area (TPSA) is 47.3 Å². The van der Waals surface area contributed by atoms with Crippen LogP contribution in [0.1, 0.15) is 26.0 Å². The van der Waals surface area contributed by atoms with Gasteiger partial charge in [0.15, 0.2) is 0 Å². The van der Waals surface area contributed by atoms with Crippen molar-refractivity contribution in [1.29, 1.82) is 0 Å². The highest BCUT2D eigenvalue weighted by molar-refractivity contribution is 5.81. The molecule has 2 atom stereocenters. The number of fused-ring (bicyclic) bond motifs is 1. The van der Waals surface area contributed by atoms with Gasteiger partial charge < -0.3 is 9.84 Å². The van der Waals surface area contributed by atoms with Crippen LogP contribution in [0.4, 0.5) is 0 Å². The standard InChI is InChI=1S/C15H22N2O2/c1-5-15(2,19-4)14(18)10-12-11-8-6-7-9-13(11)17(3)16-12/h6-9,14,18H,5,10H2,1-4H3. The summed E-state index contributed by atoms with van der Waals surface area (Å²) in [4.78, 5) is 0. The fourth-order valence-electron chi connectivity index (χ4n) is 2.35. The minimum atomic E-state index is -0.569. The van der Waals surface area contributed by atoms with Crippen molar-refractivity contribution in [2.75, 3.05) is 7.11 Å². The van der Waals surface area contributed by atoms with E-state index in [1.54, 1.807) is 7.11 Å². The number of ether oxygens (including phenoxy) is 1. The lowest BCUT2D eigenvalue weighted by Crippen LogP contribution is -2.42. The van der Waals surface area contributed by atoms with Gasteiger partial charge in [0.05, 0.1) is 22.9 Å². The lowest BCUT2D eigenvalue weighted by Gasteiger charge is -2.31. The third-order valence-corrected chi connectivity index (χ3v) is 4.09. The van der Waals surface area contributed by atoms with Gasteiger partial charge in [-0.2, -0.15) is 5.10 Å². The third kappa shape index (κ3) is 2.51. The van der Waals surface area contributed by atoms with Crippen molar-refractivity contribution >= 4 is 10.9 Å². The molecule has 104 valence electrons. The minimum absolute atomic E-state index is 0.500. The number of aryl methyl sites for hydroxylation is 1. The quantitative estimate of drug-likeness (QED) is 0.899. The van der Waals surface area contributed by atoms with Gasteiger partial charge in [0.2, 0.25) is 0 Å². The van der Waals surface area contributed by atoms with Gasteiger partial charge in [-0.1, -0.05) is 25.1 Å². The SMILES string of the molecule is CCC(C)(OC)C(O)Cc1nn(C)c2ccccc12. The number of rotatable bonds is 5. The Hall–Kier alpha value is -1.39. The highest BCUT2D eigenvalue weighted by Gasteiger charge is 2.32. The molecule has 4 heteroatoms. The Labute approximate surface area is 114 Å². The van der Waals surface area contributed by atoms with Crippen LogP contribution in [0.3, 0.4) is 0 Å². The van der Waals surface area contributed by atoms with Crippen LogP contribution in [-0.2, 0) is 18.2 Å². The number of aliphatic hydroxyl groups is 1. The number of para-hydroxylation sites is 1. The molecule has 0 aliphatic heterocycles. The molecule has 0 aliphatic rings. The number of aliphatic hydroxyl groups excluding tert-OH is 1. The average Bonchev–Trinajstić information content (AvgIpc) is 2.75. The van der Waals surface area contributed by atoms with Gasteiger partial charge in [0, 0.05) is 26.0 Å². The molecule has 4 nitrogen and oxygen atoms in total. The van der Waals surface area contributed by atoms with Crippen molar-refractivity contribution in [1.82, 2.24) is 9.78 Å². The van der Waals surface area contributed by atoms with Gasteiger partial charge in [-0.15, -0.1) is 0 Å². The summed E-state index contributed by atoms with van der Waals surface area (Å²) in [6, 6.07) is 8.07. The van der Waals surface area contributed by atoms with Crippen molar-refractivity contribution in [2.24, 2.45) is 7.05 Å².